The summed E-state index contributed by atoms with van der Waals surface area (Å²) in [4.78, 5) is 16.0. The fraction of sp³-hybridized carbons (Fsp3) is 0.929. The molecule has 0 saturated carbocycles. The van der Waals surface area contributed by atoms with E-state index in [1.165, 1.54) is 0 Å². The Bertz CT molecular complexity index is 319. The summed E-state index contributed by atoms with van der Waals surface area (Å²) in [6.45, 7) is 10.2. The maximum absolute atomic E-state index is 11.3. The lowest BCUT2D eigenvalue weighted by atomic mass is 10.2. The van der Waals surface area contributed by atoms with E-state index in [1.807, 2.05) is 13.8 Å². The highest BCUT2D eigenvalue weighted by Gasteiger charge is 2.31. The number of ether oxygens (including phenoxy) is 1. The number of carboxylic acid groups (broad SMARTS) is 1. The highest BCUT2D eigenvalue weighted by molar-refractivity contribution is 5.73. The number of likely N-dealkylation sites (tertiary alicyclic amines) is 1. The van der Waals surface area contributed by atoms with Crippen LogP contribution in [0.25, 0.3) is 0 Å². The molecule has 2 saturated heterocycles. The van der Waals surface area contributed by atoms with Crippen molar-refractivity contribution in [1.82, 2.24) is 15.1 Å². The number of hydrogen-bond acceptors (Lipinski definition) is 5. The molecule has 2 aliphatic heterocycles. The maximum Gasteiger partial charge on any atom is 0.322 e. The van der Waals surface area contributed by atoms with E-state index in [9.17, 15) is 9.90 Å². The Morgan fingerprint density at radius 3 is 2.65 bits per heavy atom. The second-order valence-electron chi connectivity index (χ2n) is 6.06. The highest BCUT2D eigenvalue weighted by atomic mass is 16.5. The average molecular weight is 285 g/mol. The van der Waals surface area contributed by atoms with E-state index in [0.717, 1.165) is 45.8 Å². The second kappa shape index (κ2) is 7.36. The van der Waals surface area contributed by atoms with Gasteiger partial charge in [0.25, 0.3) is 0 Å². The van der Waals surface area contributed by atoms with Crippen molar-refractivity contribution in [2.75, 3.05) is 45.9 Å². The Hall–Kier alpha value is -0.690. The van der Waals surface area contributed by atoms with E-state index >= 15 is 0 Å². The van der Waals surface area contributed by atoms with Crippen molar-refractivity contribution in [3.05, 3.63) is 0 Å². The van der Waals surface area contributed by atoms with E-state index in [4.69, 9.17) is 4.74 Å². The van der Waals surface area contributed by atoms with Gasteiger partial charge in [0, 0.05) is 38.3 Å². The van der Waals surface area contributed by atoms with Gasteiger partial charge < -0.3 is 15.2 Å². The fourth-order valence-electron chi connectivity index (χ4n) is 3.08. The van der Waals surface area contributed by atoms with Gasteiger partial charge in [-0.1, -0.05) is 13.8 Å². The summed E-state index contributed by atoms with van der Waals surface area (Å²) >= 11 is 0. The Labute approximate surface area is 121 Å². The van der Waals surface area contributed by atoms with Crippen molar-refractivity contribution >= 4 is 5.97 Å². The van der Waals surface area contributed by atoms with Gasteiger partial charge >= 0.3 is 5.97 Å². The molecule has 0 amide bonds. The molecule has 2 unspecified atom stereocenters. The molecule has 0 aromatic carbocycles. The van der Waals surface area contributed by atoms with E-state index < -0.39 is 12.0 Å². The summed E-state index contributed by atoms with van der Waals surface area (Å²) in [6.07, 6.45) is 1.13. The molecule has 20 heavy (non-hydrogen) atoms. The first-order chi connectivity index (χ1) is 9.56. The molecule has 0 bridgehead atoms. The van der Waals surface area contributed by atoms with Crippen molar-refractivity contribution in [3.63, 3.8) is 0 Å². The van der Waals surface area contributed by atoms with Gasteiger partial charge in [-0.2, -0.15) is 0 Å². The van der Waals surface area contributed by atoms with Crippen LogP contribution in [-0.2, 0) is 9.53 Å². The number of aliphatic carboxylic acids is 1. The number of carbonyl (C=O) groups is 1. The number of carboxylic acids is 1. The zero-order chi connectivity index (χ0) is 14.5. The van der Waals surface area contributed by atoms with Crippen LogP contribution in [-0.4, -0.2) is 84.9 Å². The van der Waals surface area contributed by atoms with Crippen LogP contribution in [0.1, 0.15) is 20.3 Å². The minimum atomic E-state index is -0.756. The lowest BCUT2D eigenvalue weighted by molar-refractivity contribution is -0.140. The first-order valence-corrected chi connectivity index (χ1v) is 7.59. The molecule has 6 nitrogen and oxygen atoms in total. The van der Waals surface area contributed by atoms with Gasteiger partial charge in [-0.15, -0.1) is 0 Å². The van der Waals surface area contributed by atoms with Gasteiger partial charge in [0.2, 0.25) is 0 Å². The maximum atomic E-state index is 11.3. The summed E-state index contributed by atoms with van der Waals surface area (Å²) in [5.41, 5.74) is 0. The van der Waals surface area contributed by atoms with E-state index in [0.29, 0.717) is 12.6 Å². The third-order valence-corrected chi connectivity index (χ3v) is 4.08. The van der Waals surface area contributed by atoms with Crippen molar-refractivity contribution in [2.45, 2.75) is 38.4 Å². The summed E-state index contributed by atoms with van der Waals surface area (Å²) in [6, 6.07) is 0.277. The van der Waals surface area contributed by atoms with Crippen LogP contribution in [0.15, 0.2) is 0 Å². The van der Waals surface area contributed by atoms with Crippen molar-refractivity contribution < 1.29 is 14.6 Å². The summed E-state index contributed by atoms with van der Waals surface area (Å²) < 4.78 is 5.38. The summed E-state index contributed by atoms with van der Waals surface area (Å²) in [5, 5.41) is 12.4. The average Bonchev–Trinajstić information content (AvgIpc) is 2.87. The van der Waals surface area contributed by atoms with Crippen molar-refractivity contribution in [3.8, 4) is 0 Å². The SMILES string of the molecule is CC(C)NC(CN1CCC(N2CCOCC2)C1)C(=O)O. The van der Waals surface area contributed by atoms with Crippen LogP contribution >= 0.6 is 0 Å². The molecule has 0 radical (unpaired) electrons. The first kappa shape index (κ1) is 15.7. The lowest BCUT2D eigenvalue weighted by Crippen LogP contribution is -2.49. The van der Waals surface area contributed by atoms with Crippen molar-refractivity contribution in [2.24, 2.45) is 0 Å². The third kappa shape index (κ3) is 4.41. The van der Waals surface area contributed by atoms with E-state index in [1.54, 1.807) is 0 Å². The fourth-order valence-corrected chi connectivity index (χ4v) is 3.08. The quantitative estimate of drug-likeness (QED) is 0.707. The Balaban J connectivity index is 1.80. The molecule has 0 aromatic rings. The minimum Gasteiger partial charge on any atom is -0.480 e. The van der Waals surface area contributed by atoms with E-state index in [2.05, 4.69) is 15.1 Å². The molecule has 116 valence electrons. The molecule has 2 atom stereocenters. The molecular formula is C14H27N3O3. The first-order valence-electron chi connectivity index (χ1n) is 7.59. The molecule has 2 aliphatic rings. The number of hydrogen-bond donors (Lipinski definition) is 2. The minimum absolute atomic E-state index is 0.189. The molecule has 2 N–H and O–H groups in total. The largest absolute Gasteiger partial charge is 0.480 e. The monoisotopic (exact) mass is 285 g/mol. The summed E-state index contributed by atoms with van der Waals surface area (Å²) in [7, 11) is 0. The third-order valence-electron chi connectivity index (χ3n) is 4.08. The Morgan fingerprint density at radius 1 is 1.35 bits per heavy atom. The standard InChI is InChI=1S/C14H27N3O3/c1-11(2)15-13(14(18)19)10-16-4-3-12(9-16)17-5-7-20-8-6-17/h11-13,15H,3-10H2,1-2H3,(H,18,19). The van der Waals surface area contributed by atoms with Crippen LogP contribution < -0.4 is 5.32 Å². The highest BCUT2D eigenvalue weighted by Crippen LogP contribution is 2.17. The van der Waals surface area contributed by atoms with Gasteiger partial charge in [-0.25, -0.2) is 0 Å². The Morgan fingerprint density at radius 2 is 2.05 bits per heavy atom. The summed E-state index contributed by atoms with van der Waals surface area (Å²) in [5.74, 6) is -0.756. The molecule has 0 aliphatic carbocycles. The van der Waals surface area contributed by atoms with Crippen LogP contribution in [0.5, 0.6) is 0 Å². The number of morpholine rings is 1. The zero-order valence-electron chi connectivity index (χ0n) is 12.5. The van der Waals surface area contributed by atoms with E-state index in [-0.39, 0.29) is 6.04 Å². The molecule has 0 spiro atoms. The molecule has 6 heteroatoms. The van der Waals surface area contributed by atoms with Crippen LogP contribution in [0.4, 0.5) is 0 Å². The molecule has 0 aromatic heterocycles. The molecule has 2 heterocycles. The van der Waals surface area contributed by atoms with Gasteiger partial charge in [-0.3, -0.25) is 14.6 Å². The number of nitrogens with one attached hydrogen (secondary N) is 1. The topological polar surface area (TPSA) is 65.0 Å². The molecular weight excluding hydrogens is 258 g/mol. The Kier molecular flexibility index (Phi) is 5.77. The smallest absolute Gasteiger partial charge is 0.322 e. The van der Waals surface area contributed by atoms with Gasteiger partial charge in [0.15, 0.2) is 0 Å². The van der Waals surface area contributed by atoms with Crippen LogP contribution in [0.2, 0.25) is 0 Å². The molecule has 2 rings (SSSR count). The number of nitrogens with zero attached hydrogens (tertiary/aromatic N) is 2. The van der Waals surface area contributed by atoms with Gasteiger partial charge in [-0.05, 0) is 13.0 Å². The predicted molar refractivity (Wildman–Crippen MR) is 76.9 cm³/mol. The van der Waals surface area contributed by atoms with Gasteiger partial charge in [0.1, 0.15) is 6.04 Å². The lowest BCUT2D eigenvalue weighted by Gasteiger charge is -2.32. The van der Waals surface area contributed by atoms with Crippen LogP contribution in [0.3, 0.4) is 0 Å². The predicted octanol–water partition coefficient (Wildman–Crippen LogP) is -0.156. The van der Waals surface area contributed by atoms with Gasteiger partial charge in [0.05, 0.1) is 13.2 Å². The normalized spacial score (nSPS) is 27.1. The zero-order valence-corrected chi connectivity index (χ0v) is 12.5. The molecule has 2 fully saturated rings. The number of rotatable bonds is 6. The van der Waals surface area contributed by atoms with Crippen LogP contribution in [0, 0.1) is 0 Å². The van der Waals surface area contributed by atoms with Crippen molar-refractivity contribution in [1.29, 1.82) is 0 Å². The second-order valence-corrected chi connectivity index (χ2v) is 6.06.